The molecule has 1 nitrogen and oxygen atoms in total. The summed E-state index contributed by atoms with van der Waals surface area (Å²) in [7, 11) is 0. The molecule has 0 bridgehead atoms. The van der Waals surface area contributed by atoms with E-state index in [9.17, 15) is 0 Å². The highest BCUT2D eigenvalue weighted by Gasteiger charge is 2.12. The van der Waals surface area contributed by atoms with Crippen LogP contribution >= 0.6 is 11.6 Å². The van der Waals surface area contributed by atoms with E-state index in [1.54, 1.807) is 0 Å². The van der Waals surface area contributed by atoms with E-state index in [0.717, 1.165) is 10.6 Å². The number of aryl methyl sites for hydroxylation is 1. The summed E-state index contributed by atoms with van der Waals surface area (Å²) in [6.45, 7) is 6.30. The van der Waals surface area contributed by atoms with E-state index in [-0.39, 0.29) is 6.04 Å². The van der Waals surface area contributed by atoms with Gasteiger partial charge in [0.2, 0.25) is 0 Å². The van der Waals surface area contributed by atoms with Gasteiger partial charge in [-0.25, -0.2) is 0 Å². The molecule has 0 aliphatic carbocycles. The van der Waals surface area contributed by atoms with E-state index in [2.05, 4.69) is 20.8 Å². The first-order valence-electron chi connectivity index (χ1n) is 4.54. The Labute approximate surface area is 84.9 Å². The molecule has 2 N–H and O–H groups in total. The third-order valence-electron chi connectivity index (χ3n) is 2.32. The minimum atomic E-state index is 0.0821. The summed E-state index contributed by atoms with van der Waals surface area (Å²) in [5, 5.41) is 0.761. The molecule has 2 heteroatoms. The molecule has 0 heterocycles. The van der Waals surface area contributed by atoms with Crippen molar-refractivity contribution in [2.45, 2.75) is 26.8 Å². The summed E-state index contributed by atoms with van der Waals surface area (Å²) in [6, 6.07) is 5.95. The summed E-state index contributed by atoms with van der Waals surface area (Å²) in [4.78, 5) is 0. The second-order valence-electron chi connectivity index (χ2n) is 3.77. The van der Waals surface area contributed by atoms with Crippen LogP contribution in [0.5, 0.6) is 0 Å². The van der Waals surface area contributed by atoms with Crippen molar-refractivity contribution in [1.29, 1.82) is 0 Å². The van der Waals surface area contributed by atoms with Crippen molar-refractivity contribution in [2.24, 2.45) is 11.7 Å². The smallest absolute Gasteiger partial charge is 0.0409 e. The molecule has 13 heavy (non-hydrogen) atoms. The number of benzene rings is 1. The largest absolute Gasteiger partial charge is 0.324 e. The summed E-state index contributed by atoms with van der Waals surface area (Å²) < 4.78 is 0. The summed E-state index contributed by atoms with van der Waals surface area (Å²) in [5.41, 5.74) is 8.42. The summed E-state index contributed by atoms with van der Waals surface area (Å²) in [5.74, 6) is 0.442. The van der Waals surface area contributed by atoms with Gasteiger partial charge in [0.05, 0.1) is 0 Å². The molecule has 1 atom stereocenters. The molecule has 1 aromatic rings. The maximum Gasteiger partial charge on any atom is 0.0409 e. The second kappa shape index (κ2) is 4.12. The van der Waals surface area contributed by atoms with Gasteiger partial charge >= 0.3 is 0 Å². The fourth-order valence-electron chi connectivity index (χ4n) is 1.33. The molecule has 0 amide bonds. The first-order chi connectivity index (χ1) is 6.02. The van der Waals surface area contributed by atoms with Gasteiger partial charge in [-0.15, -0.1) is 0 Å². The highest BCUT2D eigenvalue weighted by atomic mass is 35.5. The van der Waals surface area contributed by atoms with Gasteiger partial charge in [-0.3, -0.25) is 0 Å². The highest BCUT2D eigenvalue weighted by molar-refractivity contribution is 6.30. The Bertz CT molecular complexity index is 294. The molecule has 0 saturated heterocycles. The first kappa shape index (κ1) is 10.6. The lowest BCUT2D eigenvalue weighted by Gasteiger charge is -2.18. The molecule has 0 saturated carbocycles. The molecule has 0 radical (unpaired) electrons. The number of hydrogen-bond donors (Lipinski definition) is 1. The van der Waals surface area contributed by atoms with E-state index < -0.39 is 0 Å². The normalized spacial score (nSPS) is 13.4. The topological polar surface area (TPSA) is 26.0 Å². The molecule has 1 rings (SSSR count). The molecular formula is C11H16ClN. The molecule has 0 aliphatic heterocycles. The number of rotatable bonds is 2. The zero-order valence-electron chi connectivity index (χ0n) is 8.34. The zero-order valence-corrected chi connectivity index (χ0v) is 9.10. The lowest BCUT2D eigenvalue weighted by atomic mass is 9.94. The Morgan fingerprint density at radius 2 is 1.92 bits per heavy atom. The van der Waals surface area contributed by atoms with Crippen molar-refractivity contribution < 1.29 is 0 Å². The van der Waals surface area contributed by atoms with Crippen molar-refractivity contribution in [3.63, 3.8) is 0 Å². The van der Waals surface area contributed by atoms with Crippen LogP contribution in [0.2, 0.25) is 5.02 Å². The number of nitrogens with two attached hydrogens (primary N) is 1. The van der Waals surface area contributed by atoms with E-state index in [4.69, 9.17) is 17.3 Å². The second-order valence-corrected chi connectivity index (χ2v) is 4.21. The standard InChI is InChI=1S/C11H16ClN/c1-7(2)11(13)10-6-9(12)5-4-8(10)3/h4-7,11H,13H2,1-3H3/t11-/m0/s1. The molecule has 0 unspecified atom stereocenters. The predicted molar refractivity (Wildman–Crippen MR) is 58.0 cm³/mol. The van der Waals surface area contributed by atoms with Gasteiger partial charge in [0, 0.05) is 11.1 Å². The predicted octanol–water partition coefficient (Wildman–Crippen LogP) is 3.30. The van der Waals surface area contributed by atoms with Gasteiger partial charge in [-0.2, -0.15) is 0 Å². The maximum absolute atomic E-state index is 6.05. The van der Waals surface area contributed by atoms with Crippen molar-refractivity contribution in [3.8, 4) is 0 Å². The summed E-state index contributed by atoms with van der Waals surface area (Å²) >= 11 is 5.91. The van der Waals surface area contributed by atoms with Crippen LogP contribution < -0.4 is 5.73 Å². The van der Waals surface area contributed by atoms with Crippen LogP contribution in [0.3, 0.4) is 0 Å². The Kier molecular flexibility index (Phi) is 3.34. The molecule has 0 fully saturated rings. The molecule has 1 aromatic carbocycles. The van der Waals surface area contributed by atoms with Crippen molar-refractivity contribution in [1.82, 2.24) is 0 Å². The zero-order chi connectivity index (χ0) is 10.0. The van der Waals surface area contributed by atoms with Crippen LogP contribution in [0.25, 0.3) is 0 Å². The summed E-state index contributed by atoms with van der Waals surface area (Å²) in [6.07, 6.45) is 0. The van der Waals surface area contributed by atoms with E-state index in [1.165, 1.54) is 5.56 Å². The highest BCUT2D eigenvalue weighted by Crippen LogP contribution is 2.24. The third-order valence-corrected chi connectivity index (χ3v) is 2.55. The van der Waals surface area contributed by atoms with Gasteiger partial charge in [-0.1, -0.05) is 31.5 Å². The molecule has 0 spiro atoms. The van der Waals surface area contributed by atoms with Gasteiger partial charge < -0.3 is 5.73 Å². The Morgan fingerprint density at radius 1 is 1.31 bits per heavy atom. The number of halogens is 1. The SMILES string of the molecule is Cc1ccc(Cl)cc1[C@@H](N)C(C)C. The fraction of sp³-hybridized carbons (Fsp3) is 0.455. The van der Waals surface area contributed by atoms with Crippen LogP contribution in [0.1, 0.15) is 31.0 Å². The van der Waals surface area contributed by atoms with Crippen LogP contribution in [0.15, 0.2) is 18.2 Å². The van der Waals surface area contributed by atoms with E-state index >= 15 is 0 Å². The van der Waals surface area contributed by atoms with Crippen molar-refractivity contribution in [2.75, 3.05) is 0 Å². The minimum Gasteiger partial charge on any atom is -0.324 e. The Balaban J connectivity index is 3.05. The van der Waals surface area contributed by atoms with Gasteiger partial charge in [0.1, 0.15) is 0 Å². The lowest BCUT2D eigenvalue weighted by Crippen LogP contribution is -2.17. The van der Waals surface area contributed by atoms with E-state index in [1.807, 2.05) is 18.2 Å². The minimum absolute atomic E-state index is 0.0821. The van der Waals surface area contributed by atoms with Crippen LogP contribution in [0, 0.1) is 12.8 Å². The van der Waals surface area contributed by atoms with E-state index in [0.29, 0.717) is 5.92 Å². The lowest BCUT2D eigenvalue weighted by molar-refractivity contribution is 0.512. The van der Waals surface area contributed by atoms with Gasteiger partial charge in [0.25, 0.3) is 0 Å². The van der Waals surface area contributed by atoms with Crippen LogP contribution in [-0.2, 0) is 0 Å². The monoisotopic (exact) mass is 197 g/mol. The maximum atomic E-state index is 6.05. The quantitative estimate of drug-likeness (QED) is 0.774. The van der Waals surface area contributed by atoms with Crippen molar-refractivity contribution in [3.05, 3.63) is 34.3 Å². The molecular weight excluding hydrogens is 182 g/mol. The Hall–Kier alpha value is -0.530. The van der Waals surface area contributed by atoms with Gasteiger partial charge in [0.15, 0.2) is 0 Å². The molecule has 72 valence electrons. The fourth-order valence-corrected chi connectivity index (χ4v) is 1.51. The third kappa shape index (κ3) is 2.45. The molecule has 0 aliphatic rings. The average molecular weight is 198 g/mol. The first-order valence-corrected chi connectivity index (χ1v) is 4.92. The number of hydrogen-bond acceptors (Lipinski definition) is 1. The Morgan fingerprint density at radius 3 is 2.46 bits per heavy atom. The van der Waals surface area contributed by atoms with Crippen molar-refractivity contribution >= 4 is 11.6 Å². The average Bonchev–Trinajstić information content (AvgIpc) is 2.08. The van der Waals surface area contributed by atoms with Crippen LogP contribution in [0.4, 0.5) is 0 Å². The van der Waals surface area contributed by atoms with Crippen LogP contribution in [-0.4, -0.2) is 0 Å². The molecule has 0 aromatic heterocycles. The van der Waals surface area contributed by atoms with Gasteiger partial charge in [-0.05, 0) is 36.1 Å².